The number of aliphatic carboxylic acids is 1. The van der Waals surface area contributed by atoms with Gasteiger partial charge in [-0.1, -0.05) is 13.3 Å². The summed E-state index contributed by atoms with van der Waals surface area (Å²) in [6.07, 6.45) is 1.96. The molecule has 0 saturated heterocycles. The molecule has 1 aliphatic rings. The monoisotopic (exact) mass is 173 g/mol. The minimum atomic E-state index is -0.802. The number of hydrogen-bond acceptors (Lipinski definition) is 3. The van der Waals surface area contributed by atoms with Gasteiger partial charge in [0.1, 0.15) is 0 Å². The molecule has 0 bridgehead atoms. The van der Waals surface area contributed by atoms with E-state index in [-0.39, 0.29) is 0 Å². The summed E-state index contributed by atoms with van der Waals surface area (Å²) in [5.41, 5.74) is 0. The van der Waals surface area contributed by atoms with Crippen molar-refractivity contribution in [2.24, 2.45) is 4.99 Å². The van der Waals surface area contributed by atoms with E-state index in [9.17, 15) is 4.79 Å². The minimum absolute atomic E-state index is 0.485. The maximum atomic E-state index is 10.4. The van der Waals surface area contributed by atoms with Crippen LogP contribution in [-0.2, 0) is 4.79 Å². The van der Waals surface area contributed by atoms with Gasteiger partial charge in [-0.3, -0.25) is 4.99 Å². The number of rotatable bonds is 3. The largest absolute Gasteiger partial charge is 0.480 e. The van der Waals surface area contributed by atoms with Gasteiger partial charge in [-0.2, -0.15) is 0 Å². The van der Waals surface area contributed by atoms with Crippen LogP contribution in [0.25, 0.3) is 0 Å². The second kappa shape index (κ2) is 3.76. The Morgan fingerprint density at radius 3 is 3.09 bits per heavy atom. The van der Waals surface area contributed by atoms with E-state index in [1.807, 2.05) is 0 Å². The Kier molecular flexibility index (Phi) is 2.93. The van der Waals surface area contributed by atoms with E-state index in [4.69, 9.17) is 5.11 Å². The molecule has 1 N–H and O–H groups in total. The molecule has 0 aromatic carbocycles. The Bertz CT molecular complexity index is 191. The quantitative estimate of drug-likeness (QED) is 0.701. The van der Waals surface area contributed by atoms with Crippen LogP contribution in [0.4, 0.5) is 0 Å². The number of carboxylic acids is 1. The first kappa shape index (κ1) is 8.59. The average molecular weight is 173 g/mol. The van der Waals surface area contributed by atoms with Crippen LogP contribution in [0, 0.1) is 0 Å². The Morgan fingerprint density at radius 1 is 1.91 bits per heavy atom. The van der Waals surface area contributed by atoms with Crippen LogP contribution in [0.1, 0.15) is 19.8 Å². The maximum Gasteiger partial charge on any atom is 0.329 e. The van der Waals surface area contributed by atoms with Gasteiger partial charge in [0.05, 0.1) is 5.04 Å². The fourth-order valence-corrected chi connectivity index (χ4v) is 2.02. The first-order chi connectivity index (χ1) is 5.24. The van der Waals surface area contributed by atoms with E-state index in [0.29, 0.717) is 5.75 Å². The van der Waals surface area contributed by atoms with Crippen molar-refractivity contribution in [1.82, 2.24) is 0 Å². The standard InChI is InChI=1S/C7H11NO2S/c1-2-3-6-8-5(4-11-6)7(9)10/h5H,2-4H2,1H3,(H,9,10). The van der Waals surface area contributed by atoms with Crippen LogP contribution in [0.2, 0.25) is 0 Å². The number of carbonyl (C=O) groups is 1. The van der Waals surface area contributed by atoms with Gasteiger partial charge >= 0.3 is 5.97 Å². The lowest BCUT2D eigenvalue weighted by molar-refractivity contribution is -0.137. The Balaban J connectivity index is 2.47. The first-order valence-corrected chi connectivity index (χ1v) is 4.65. The molecule has 0 fully saturated rings. The van der Waals surface area contributed by atoms with Crippen LogP contribution in [0.3, 0.4) is 0 Å². The van der Waals surface area contributed by atoms with E-state index >= 15 is 0 Å². The molecule has 1 heterocycles. The minimum Gasteiger partial charge on any atom is -0.480 e. The molecule has 62 valence electrons. The third-order valence-electron chi connectivity index (χ3n) is 1.46. The smallest absolute Gasteiger partial charge is 0.329 e. The van der Waals surface area contributed by atoms with Gasteiger partial charge in [0, 0.05) is 5.75 Å². The lowest BCUT2D eigenvalue weighted by Gasteiger charge is -1.94. The molecule has 0 saturated carbocycles. The Labute approximate surface area is 69.9 Å². The summed E-state index contributed by atoms with van der Waals surface area (Å²) < 4.78 is 0. The summed E-state index contributed by atoms with van der Waals surface area (Å²) in [7, 11) is 0. The number of nitrogens with zero attached hydrogens (tertiary/aromatic N) is 1. The van der Waals surface area contributed by atoms with Crippen molar-refractivity contribution in [3.05, 3.63) is 0 Å². The van der Waals surface area contributed by atoms with Crippen LogP contribution >= 0.6 is 11.8 Å². The normalized spacial score (nSPS) is 23.4. The molecule has 1 rings (SSSR count). The van der Waals surface area contributed by atoms with E-state index < -0.39 is 12.0 Å². The molecule has 0 radical (unpaired) electrons. The lowest BCUT2D eigenvalue weighted by Crippen LogP contribution is -2.16. The van der Waals surface area contributed by atoms with Crippen LogP contribution in [0.15, 0.2) is 4.99 Å². The summed E-state index contributed by atoms with van der Waals surface area (Å²) in [5.74, 6) is -0.186. The lowest BCUT2D eigenvalue weighted by atomic mass is 10.3. The van der Waals surface area contributed by atoms with Gasteiger partial charge < -0.3 is 5.11 Å². The zero-order valence-electron chi connectivity index (χ0n) is 6.41. The van der Waals surface area contributed by atoms with Crippen LogP contribution in [0.5, 0.6) is 0 Å². The zero-order valence-corrected chi connectivity index (χ0v) is 7.23. The first-order valence-electron chi connectivity index (χ1n) is 3.66. The van der Waals surface area contributed by atoms with Gasteiger partial charge in [0.2, 0.25) is 0 Å². The fraction of sp³-hybridized carbons (Fsp3) is 0.714. The number of aliphatic imine (C=N–C) groups is 1. The Morgan fingerprint density at radius 2 is 2.64 bits per heavy atom. The van der Waals surface area contributed by atoms with E-state index in [1.54, 1.807) is 11.8 Å². The predicted molar refractivity (Wildman–Crippen MR) is 46.2 cm³/mol. The molecule has 1 atom stereocenters. The predicted octanol–water partition coefficient (Wildman–Crippen LogP) is 1.39. The molecule has 1 unspecified atom stereocenters. The topological polar surface area (TPSA) is 49.7 Å². The van der Waals surface area contributed by atoms with Crippen molar-refractivity contribution in [1.29, 1.82) is 0 Å². The van der Waals surface area contributed by atoms with Gasteiger partial charge in [-0.05, 0) is 6.42 Å². The molecule has 0 aromatic heterocycles. The summed E-state index contributed by atoms with van der Waals surface area (Å²) in [6.45, 7) is 2.07. The van der Waals surface area contributed by atoms with Gasteiger partial charge in [0.15, 0.2) is 6.04 Å². The SMILES string of the molecule is CCCC1=NC(C(=O)O)CS1. The van der Waals surface area contributed by atoms with Gasteiger partial charge in [-0.15, -0.1) is 11.8 Å². The maximum absolute atomic E-state index is 10.4. The summed E-state index contributed by atoms with van der Waals surface area (Å²) in [6, 6.07) is -0.485. The van der Waals surface area contributed by atoms with E-state index in [2.05, 4.69) is 11.9 Å². The second-order valence-electron chi connectivity index (χ2n) is 2.44. The van der Waals surface area contributed by atoms with Crippen molar-refractivity contribution in [2.45, 2.75) is 25.8 Å². The molecule has 0 amide bonds. The molecule has 1 aliphatic heterocycles. The summed E-state index contributed by atoms with van der Waals surface area (Å²) >= 11 is 1.57. The van der Waals surface area contributed by atoms with Crippen molar-refractivity contribution in [2.75, 3.05) is 5.75 Å². The highest BCUT2D eigenvalue weighted by Gasteiger charge is 2.23. The second-order valence-corrected chi connectivity index (χ2v) is 3.53. The molecule has 4 heteroatoms. The molecule has 11 heavy (non-hydrogen) atoms. The van der Waals surface area contributed by atoms with E-state index in [0.717, 1.165) is 17.9 Å². The average Bonchev–Trinajstić information content (AvgIpc) is 2.37. The summed E-state index contributed by atoms with van der Waals surface area (Å²) in [5, 5.41) is 9.58. The van der Waals surface area contributed by atoms with Crippen molar-refractivity contribution in [3.63, 3.8) is 0 Å². The molecule has 0 aliphatic carbocycles. The van der Waals surface area contributed by atoms with Crippen molar-refractivity contribution in [3.8, 4) is 0 Å². The van der Waals surface area contributed by atoms with Crippen LogP contribution < -0.4 is 0 Å². The third kappa shape index (κ3) is 2.22. The van der Waals surface area contributed by atoms with Crippen LogP contribution in [-0.4, -0.2) is 27.9 Å². The van der Waals surface area contributed by atoms with Gasteiger partial charge in [0.25, 0.3) is 0 Å². The molecular weight excluding hydrogens is 162 g/mol. The Hall–Kier alpha value is -0.510. The highest BCUT2D eigenvalue weighted by molar-refractivity contribution is 8.14. The molecule has 0 spiro atoms. The highest BCUT2D eigenvalue weighted by atomic mass is 32.2. The highest BCUT2D eigenvalue weighted by Crippen LogP contribution is 2.20. The molecule has 0 aromatic rings. The molecular formula is C7H11NO2S. The zero-order chi connectivity index (χ0) is 8.27. The molecule has 3 nitrogen and oxygen atoms in total. The van der Waals surface area contributed by atoms with Crippen molar-refractivity contribution >= 4 is 22.8 Å². The van der Waals surface area contributed by atoms with Crippen molar-refractivity contribution < 1.29 is 9.90 Å². The number of carboxylic acid groups (broad SMARTS) is 1. The number of hydrogen-bond donors (Lipinski definition) is 1. The number of thioether (sulfide) groups is 1. The summed E-state index contributed by atoms with van der Waals surface area (Å²) in [4.78, 5) is 14.5. The third-order valence-corrected chi connectivity index (χ3v) is 2.58. The van der Waals surface area contributed by atoms with Gasteiger partial charge in [-0.25, -0.2) is 4.79 Å². The fourth-order valence-electron chi connectivity index (χ4n) is 0.901. The van der Waals surface area contributed by atoms with E-state index in [1.165, 1.54) is 0 Å².